The maximum absolute atomic E-state index is 12.6. The van der Waals surface area contributed by atoms with E-state index in [1.54, 1.807) is 0 Å². The summed E-state index contributed by atoms with van der Waals surface area (Å²) in [5.74, 6) is -2.54. The first kappa shape index (κ1) is 22.0. The van der Waals surface area contributed by atoms with E-state index in [9.17, 15) is 19.8 Å². The van der Waals surface area contributed by atoms with E-state index in [0.29, 0.717) is 16.7 Å². The van der Waals surface area contributed by atoms with Gasteiger partial charge in [-0.2, -0.15) is 0 Å². The number of rotatable bonds is 5. The third-order valence-corrected chi connectivity index (χ3v) is 6.04. The maximum atomic E-state index is 12.6. The van der Waals surface area contributed by atoms with Crippen molar-refractivity contribution >= 4 is 11.9 Å². The first-order valence-electron chi connectivity index (χ1n) is 10.7. The number of hydrogen-bond donors (Lipinski definition) is 2. The molecule has 33 heavy (non-hydrogen) atoms. The van der Waals surface area contributed by atoms with E-state index in [2.05, 4.69) is 0 Å². The molecule has 164 valence electrons. The molecular weight excluding hydrogens is 412 g/mol. The second-order valence-electron chi connectivity index (χ2n) is 8.15. The van der Waals surface area contributed by atoms with Crippen molar-refractivity contribution in [3.63, 3.8) is 0 Å². The Kier molecular flexibility index (Phi) is 5.84. The van der Waals surface area contributed by atoms with E-state index in [1.165, 1.54) is 6.07 Å². The molecule has 4 rings (SSSR count). The van der Waals surface area contributed by atoms with Crippen LogP contribution in [-0.2, 0) is 0 Å². The second kappa shape index (κ2) is 8.75. The monoisotopic (exact) mass is 436 g/mol. The van der Waals surface area contributed by atoms with Crippen molar-refractivity contribution in [3.05, 3.63) is 107 Å². The van der Waals surface area contributed by atoms with Gasteiger partial charge in [-0.25, -0.2) is 9.59 Å². The summed E-state index contributed by atoms with van der Waals surface area (Å²) in [6.07, 6.45) is 0. The van der Waals surface area contributed by atoms with Crippen molar-refractivity contribution in [2.24, 2.45) is 0 Å². The first-order chi connectivity index (χ1) is 15.8. The molecule has 0 aromatic heterocycles. The summed E-state index contributed by atoms with van der Waals surface area (Å²) < 4.78 is 0. The van der Waals surface area contributed by atoms with Gasteiger partial charge in [0.2, 0.25) is 0 Å². The minimum Gasteiger partial charge on any atom is -0.478 e. The van der Waals surface area contributed by atoms with Crippen LogP contribution in [0.1, 0.15) is 37.4 Å². The van der Waals surface area contributed by atoms with Gasteiger partial charge in [-0.1, -0.05) is 72.8 Å². The highest BCUT2D eigenvalue weighted by atomic mass is 16.4. The predicted molar refractivity (Wildman–Crippen MR) is 131 cm³/mol. The molecule has 0 fully saturated rings. The molecule has 0 radical (unpaired) electrons. The predicted octanol–water partition coefficient (Wildman–Crippen LogP) is 7.01. The van der Waals surface area contributed by atoms with Gasteiger partial charge in [-0.15, -0.1) is 0 Å². The molecule has 0 aliphatic rings. The normalized spacial score (nSPS) is 10.8. The molecule has 0 unspecified atom stereocenters. The Hall–Kier alpha value is -4.18. The zero-order chi connectivity index (χ0) is 23.7. The largest absolute Gasteiger partial charge is 0.478 e. The van der Waals surface area contributed by atoms with Crippen LogP contribution in [0.3, 0.4) is 0 Å². The molecule has 0 saturated carbocycles. The van der Waals surface area contributed by atoms with Crippen LogP contribution in [0.4, 0.5) is 0 Å². The summed E-state index contributed by atoms with van der Waals surface area (Å²) in [4.78, 5) is 24.9. The van der Waals surface area contributed by atoms with E-state index >= 15 is 0 Å². The van der Waals surface area contributed by atoms with Crippen LogP contribution in [0.15, 0.2) is 78.9 Å². The Labute approximate surface area is 192 Å². The lowest BCUT2D eigenvalue weighted by Gasteiger charge is -2.23. The van der Waals surface area contributed by atoms with Crippen molar-refractivity contribution in [1.29, 1.82) is 0 Å². The molecule has 0 heterocycles. The van der Waals surface area contributed by atoms with Crippen LogP contribution in [0, 0.1) is 20.8 Å². The Morgan fingerprint density at radius 2 is 0.970 bits per heavy atom. The zero-order valence-electron chi connectivity index (χ0n) is 18.7. The van der Waals surface area contributed by atoms with E-state index in [1.807, 2.05) is 93.6 Å². The summed E-state index contributed by atoms with van der Waals surface area (Å²) in [6.45, 7) is 5.85. The van der Waals surface area contributed by atoms with Crippen LogP contribution < -0.4 is 0 Å². The molecule has 4 aromatic rings. The van der Waals surface area contributed by atoms with Gasteiger partial charge in [-0.05, 0) is 71.3 Å². The number of aromatic carboxylic acids is 2. The fourth-order valence-corrected chi connectivity index (χ4v) is 4.42. The number of hydrogen-bond acceptors (Lipinski definition) is 2. The van der Waals surface area contributed by atoms with Crippen LogP contribution >= 0.6 is 0 Å². The molecule has 0 amide bonds. The molecule has 0 aliphatic carbocycles. The van der Waals surface area contributed by atoms with Crippen molar-refractivity contribution in [2.75, 3.05) is 0 Å². The summed E-state index contributed by atoms with van der Waals surface area (Å²) >= 11 is 0. The summed E-state index contributed by atoms with van der Waals surface area (Å²) in [7, 11) is 0. The molecule has 0 spiro atoms. The number of carboxylic acids is 2. The van der Waals surface area contributed by atoms with Gasteiger partial charge in [-0.3, -0.25) is 0 Å². The molecule has 2 N–H and O–H groups in total. The highest BCUT2D eigenvalue weighted by molar-refractivity contribution is 6.13. The van der Waals surface area contributed by atoms with E-state index in [-0.39, 0.29) is 11.1 Å². The third kappa shape index (κ3) is 3.92. The number of carbonyl (C=O) groups is 2. The van der Waals surface area contributed by atoms with E-state index in [4.69, 9.17) is 0 Å². The number of aryl methyl sites for hydroxylation is 3. The zero-order valence-corrected chi connectivity index (χ0v) is 18.7. The molecule has 0 bridgehead atoms. The minimum atomic E-state index is -1.27. The lowest BCUT2D eigenvalue weighted by molar-refractivity contribution is 0.0652. The van der Waals surface area contributed by atoms with Crippen molar-refractivity contribution in [1.82, 2.24) is 0 Å². The lowest BCUT2D eigenvalue weighted by Crippen LogP contribution is -2.13. The Morgan fingerprint density at radius 3 is 1.39 bits per heavy atom. The fourth-order valence-electron chi connectivity index (χ4n) is 4.42. The van der Waals surface area contributed by atoms with Crippen LogP contribution in [0.25, 0.3) is 33.4 Å². The maximum Gasteiger partial charge on any atom is 0.337 e. The van der Waals surface area contributed by atoms with Gasteiger partial charge in [0.05, 0.1) is 11.1 Å². The van der Waals surface area contributed by atoms with Crippen LogP contribution in [0.2, 0.25) is 0 Å². The molecular formula is C29H24O4. The summed E-state index contributed by atoms with van der Waals surface area (Å²) in [5, 5.41) is 20.3. The Balaban J connectivity index is 2.32. The fraction of sp³-hybridized carbons (Fsp3) is 0.103. The van der Waals surface area contributed by atoms with Crippen molar-refractivity contribution in [2.45, 2.75) is 20.8 Å². The number of carboxylic acid groups (broad SMARTS) is 2. The molecule has 0 saturated heterocycles. The average molecular weight is 437 g/mol. The molecule has 0 aliphatic heterocycles. The highest BCUT2D eigenvalue weighted by Crippen LogP contribution is 2.46. The Bertz CT molecular complexity index is 1400. The summed E-state index contributed by atoms with van der Waals surface area (Å²) in [6, 6.07) is 24.5. The minimum absolute atomic E-state index is 0.201. The quantitative estimate of drug-likeness (QED) is 0.353. The second-order valence-corrected chi connectivity index (χ2v) is 8.15. The van der Waals surface area contributed by atoms with Gasteiger partial charge >= 0.3 is 11.9 Å². The van der Waals surface area contributed by atoms with E-state index < -0.39 is 11.9 Å². The topological polar surface area (TPSA) is 74.6 Å². The van der Waals surface area contributed by atoms with Gasteiger partial charge in [0.15, 0.2) is 0 Å². The van der Waals surface area contributed by atoms with Crippen molar-refractivity contribution < 1.29 is 19.8 Å². The van der Waals surface area contributed by atoms with Crippen LogP contribution in [-0.4, -0.2) is 22.2 Å². The molecule has 4 nitrogen and oxygen atoms in total. The lowest BCUT2D eigenvalue weighted by atomic mass is 9.79. The van der Waals surface area contributed by atoms with Gasteiger partial charge < -0.3 is 10.2 Å². The third-order valence-electron chi connectivity index (χ3n) is 6.04. The van der Waals surface area contributed by atoms with Crippen molar-refractivity contribution in [3.8, 4) is 33.4 Å². The Morgan fingerprint density at radius 1 is 0.545 bits per heavy atom. The molecule has 4 heteroatoms. The SMILES string of the molecule is Cc1ccccc1-c1cc(C(=O)O)c(C(=O)O)c(-c2ccccc2C)c1-c1ccccc1C. The summed E-state index contributed by atoms with van der Waals surface area (Å²) in [5.41, 5.74) is 6.67. The van der Waals surface area contributed by atoms with Gasteiger partial charge in [0.1, 0.15) is 0 Å². The van der Waals surface area contributed by atoms with Crippen LogP contribution in [0.5, 0.6) is 0 Å². The molecule has 0 atom stereocenters. The smallest absolute Gasteiger partial charge is 0.337 e. The highest BCUT2D eigenvalue weighted by Gasteiger charge is 2.29. The van der Waals surface area contributed by atoms with Gasteiger partial charge in [0, 0.05) is 5.56 Å². The van der Waals surface area contributed by atoms with E-state index in [0.717, 1.165) is 33.4 Å². The molecule has 4 aromatic carbocycles. The average Bonchev–Trinajstić information content (AvgIpc) is 2.79. The standard InChI is InChI=1S/C29H24O4/c1-17-10-4-7-13-20(17)23-16-24(28(30)31)27(29(32)33)26(22-15-9-6-12-19(22)3)25(23)21-14-8-5-11-18(21)2/h4-16H,1-3H3,(H,30,31)(H,32,33). The number of benzene rings is 4. The first-order valence-corrected chi connectivity index (χ1v) is 10.7. The van der Waals surface area contributed by atoms with Gasteiger partial charge in [0.25, 0.3) is 0 Å².